The fourth-order valence-electron chi connectivity index (χ4n) is 2.88. The molecule has 2 atom stereocenters. The largest absolute Gasteiger partial charge is 0.352 e. The van der Waals surface area contributed by atoms with Gasteiger partial charge in [-0.2, -0.15) is 0 Å². The van der Waals surface area contributed by atoms with Crippen molar-refractivity contribution in [3.63, 3.8) is 0 Å². The van der Waals surface area contributed by atoms with Crippen molar-refractivity contribution in [2.45, 2.75) is 51.1 Å². The predicted octanol–water partition coefficient (Wildman–Crippen LogP) is 2.77. The summed E-state index contributed by atoms with van der Waals surface area (Å²) in [6, 6.07) is 9.21. The third-order valence-corrected chi connectivity index (χ3v) is 4.17. The second-order valence-electron chi connectivity index (χ2n) is 5.58. The summed E-state index contributed by atoms with van der Waals surface area (Å²) in [7, 11) is 0. The van der Waals surface area contributed by atoms with Gasteiger partial charge in [0.05, 0.1) is 0 Å². The molecule has 0 spiro atoms. The van der Waals surface area contributed by atoms with Crippen LogP contribution < -0.4 is 11.1 Å². The van der Waals surface area contributed by atoms with Gasteiger partial charge in [-0.15, -0.1) is 0 Å². The average molecular weight is 260 g/mol. The maximum absolute atomic E-state index is 12.2. The fraction of sp³-hybridized carbons (Fsp3) is 0.562. The molecule has 19 heavy (non-hydrogen) atoms. The molecule has 1 aromatic carbocycles. The number of rotatable bonds is 4. The van der Waals surface area contributed by atoms with Gasteiger partial charge in [-0.25, -0.2) is 0 Å². The predicted molar refractivity (Wildman–Crippen MR) is 77.6 cm³/mol. The van der Waals surface area contributed by atoms with Crippen LogP contribution in [-0.2, 0) is 4.79 Å². The minimum Gasteiger partial charge on any atom is -0.352 e. The number of nitrogens with one attached hydrogen (secondary N) is 1. The van der Waals surface area contributed by atoms with Crippen LogP contribution in [0.25, 0.3) is 0 Å². The third-order valence-electron chi connectivity index (χ3n) is 4.17. The van der Waals surface area contributed by atoms with Gasteiger partial charge < -0.3 is 11.1 Å². The molecule has 0 heterocycles. The monoisotopic (exact) mass is 260 g/mol. The van der Waals surface area contributed by atoms with E-state index in [1.165, 1.54) is 32.1 Å². The van der Waals surface area contributed by atoms with E-state index >= 15 is 0 Å². The molecular formula is C16H24N2O. The van der Waals surface area contributed by atoms with Crippen molar-refractivity contribution < 1.29 is 4.79 Å². The van der Waals surface area contributed by atoms with Crippen molar-refractivity contribution in [1.29, 1.82) is 0 Å². The Morgan fingerprint density at radius 3 is 2.47 bits per heavy atom. The summed E-state index contributed by atoms with van der Waals surface area (Å²) in [4.78, 5) is 12.2. The Hall–Kier alpha value is -1.35. The zero-order valence-corrected chi connectivity index (χ0v) is 11.6. The van der Waals surface area contributed by atoms with Crippen molar-refractivity contribution in [3.8, 4) is 0 Å². The maximum Gasteiger partial charge on any atom is 0.241 e. The highest BCUT2D eigenvalue weighted by Crippen LogP contribution is 2.26. The molecule has 1 aromatic rings. The first kappa shape index (κ1) is 14.1. The highest BCUT2D eigenvalue weighted by atomic mass is 16.2. The van der Waals surface area contributed by atoms with E-state index in [4.69, 9.17) is 5.73 Å². The van der Waals surface area contributed by atoms with E-state index in [0.717, 1.165) is 5.56 Å². The lowest BCUT2D eigenvalue weighted by molar-refractivity contribution is -0.123. The van der Waals surface area contributed by atoms with Crippen molar-refractivity contribution >= 4 is 5.91 Å². The summed E-state index contributed by atoms with van der Waals surface area (Å²) in [5, 5.41) is 3.08. The molecule has 1 aliphatic carbocycles. The Balaban J connectivity index is 1.89. The van der Waals surface area contributed by atoms with Gasteiger partial charge in [0.15, 0.2) is 0 Å². The van der Waals surface area contributed by atoms with E-state index in [2.05, 4.69) is 12.2 Å². The van der Waals surface area contributed by atoms with E-state index in [1.54, 1.807) is 0 Å². The molecule has 0 radical (unpaired) electrons. The van der Waals surface area contributed by atoms with Crippen LogP contribution in [0.5, 0.6) is 0 Å². The summed E-state index contributed by atoms with van der Waals surface area (Å²) < 4.78 is 0. The van der Waals surface area contributed by atoms with E-state index in [0.29, 0.717) is 5.92 Å². The van der Waals surface area contributed by atoms with E-state index in [1.807, 2.05) is 30.3 Å². The van der Waals surface area contributed by atoms with Crippen LogP contribution in [0.4, 0.5) is 0 Å². The first-order chi connectivity index (χ1) is 9.18. The molecule has 1 aliphatic rings. The van der Waals surface area contributed by atoms with E-state index in [-0.39, 0.29) is 11.9 Å². The van der Waals surface area contributed by atoms with E-state index < -0.39 is 6.04 Å². The summed E-state index contributed by atoms with van der Waals surface area (Å²) in [6.07, 6.45) is 6.36. The SMILES string of the molecule is CC(NC(=O)[C@H](N)c1ccccc1)C1CCCCC1. The number of hydrogen-bond acceptors (Lipinski definition) is 2. The summed E-state index contributed by atoms with van der Waals surface area (Å²) >= 11 is 0. The Labute approximate surface area is 115 Å². The van der Waals surface area contributed by atoms with Gasteiger partial charge in [-0.3, -0.25) is 4.79 Å². The highest BCUT2D eigenvalue weighted by molar-refractivity contribution is 5.83. The molecule has 3 nitrogen and oxygen atoms in total. The normalized spacial score (nSPS) is 19.7. The summed E-state index contributed by atoms with van der Waals surface area (Å²) in [5.74, 6) is 0.546. The quantitative estimate of drug-likeness (QED) is 0.874. The van der Waals surface area contributed by atoms with Crippen LogP contribution in [0.1, 0.15) is 50.6 Å². The van der Waals surface area contributed by atoms with Crippen molar-refractivity contribution in [2.24, 2.45) is 11.7 Å². The molecule has 1 fully saturated rings. The molecule has 1 amide bonds. The highest BCUT2D eigenvalue weighted by Gasteiger charge is 2.24. The van der Waals surface area contributed by atoms with Crippen molar-refractivity contribution in [3.05, 3.63) is 35.9 Å². The van der Waals surface area contributed by atoms with Crippen LogP contribution >= 0.6 is 0 Å². The molecule has 0 saturated heterocycles. The summed E-state index contributed by atoms with van der Waals surface area (Å²) in [5.41, 5.74) is 6.88. The lowest BCUT2D eigenvalue weighted by Gasteiger charge is -2.29. The van der Waals surface area contributed by atoms with Crippen LogP contribution in [0, 0.1) is 5.92 Å². The van der Waals surface area contributed by atoms with Crippen LogP contribution in [-0.4, -0.2) is 11.9 Å². The Kier molecular flexibility index (Phi) is 4.97. The molecule has 2 rings (SSSR count). The molecule has 104 valence electrons. The van der Waals surface area contributed by atoms with Gasteiger partial charge in [0, 0.05) is 6.04 Å². The van der Waals surface area contributed by atoms with E-state index in [9.17, 15) is 4.79 Å². The minimum atomic E-state index is -0.563. The maximum atomic E-state index is 12.2. The van der Waals surface area contributed by atoms with Crippen molar-refractivity contribution in [1.82, 2.24) is 5.32 Å². The fourth-order valence-corrected chi connectivity index (χ4v) is 2.88. The van der Waals surface area contributed by atoms with Gasteiger partial charge in [0.2, 0.25) is 5.91 Å². The van der Waals surface area contributed by atoms with Gasteiger partial charge >= 0.3 is 0 Å². The Morgan fingerprint density at radius 2 is 1.84 bits per heavy atom. The molecule has 1 unspecified atom stereocenters. The minimum absolute atomic E-state index is 0.0655. The van der Waals surface area contributed by atoms with Crippen molar-refractivity contribution in [2.75, 3.05) is 0 Å². The van der Waals surface area contributed by atoms with Gasteiger partial charge in [-0.1, -0.05) is 49.6 Å². The zero-order valence-electron chi connectivity index (χ0n) is 11.6. The third kappa shape index (κ3) is 3.80. The van der Waals surface area contributed by atoms with Crippen LogP contribution in [0.2, 0.25) is 0 Å². The zero-order chi connectivity index (χ0) is 13.7. The molecule has 0 bridgehead atoms. The molecule has 0 aliphatic heterocycles. The second-order valence-corrected chi connectivity index (χ2v) is 5.58. The van der Waals surface area contributed by atoms with Crippen LogP contribution in [0.3, 0.4) is 0 Å². The van der Waals surface area contributed by atoms with Gasteiger partial charge in [-0.05, 0) is 31.2 Å². The lowest BCUT2D eigenvalue weighted by atomic mass is 9.84. The number of nitrogens with two attached hydrogens (primary N) is 1. The number of amides is 1. The number of hydrogen-bond donors (Lipinski definition) is 2. The summed E-state index contributed by atoms with van der Waals surface area (Å²) in [6.45, 7) is 2.10. The molecule has 3 heteroatoms. The first-order valence-corrected chi connectivity index (χ1v) is 7.29. The molecule has 1 saturated carbocycles. The second kappa shape index (κ2) is 6.71. The Bertz CT molecular complexity index is 398. The number of carbonyl (C=O) groups is 1. The molecule has 3 N–H and O–H groups in total. The molecular weight excluding hydrogens is 236 g/mol. The lowest BCUT2D eigenvalue weighted by Crippen LogP contribution is -2.43. The van der Waals surface area contributed by atoms with Crippen LogP contribution in [0.15, 0.2) is 30.3 Å². The number of carbonyl (C=O) groups excluding carboxylic acids is 1. The van der Waals surface area contributed by atoms with Gasteiger partial charge in [0.1, 0.15) is 6.04 Å². The molecule has 0 aromatic heterocycles. The van der Waals surface area contributed by atoms with Gasteiger partial charge in [0.25, 0.3) is 0 Å². The first-order valence-electron chi connectivity index (χ1n) is 7.29. The smallest absolute Gasteiger partial charge is 0.241 e. The topological polar surface area (TPSA) is 55.1 Å². The standard InChI is InChI=1S/C16H24N2O/c1-12(13-8-4-2-5-9-13)18-16(19)15(17)14-10-6-3-7-11-14/h3,6-7,10-13,15H,2,4-5,8-9,17H2,1H3,(H,18,19)/t12?,15-/m1/s1. The Morgan fingerprint density at radius 1 is 1.21 bits per heavy atom. The average Bonchev–Trinajstić information content (AvgIpc) is 2.48. The number of benzene rings is 1.